The Morgan fingerprint density at radius 2 is 1.92 bits per heavy atom. The van der Waals surface area contributed by atoms with Gasteiger partial charge in [0.1, 0.15) is 0 Å². The lowest BCUT2D eigenvalue weighted by Crippen LogP contribution is -2.14. The first-order chi connectivity index (χ1) is 5.62. The predicted octanol–water partition coefficient (Wildman–Crippen LogP) is 1.22. The Hall–Kier alpha value is 0.390. The molecule has 5 heteroatoms. The minimum Gasteiger partial charge on any atom is -0.384 e. The van der Waals surface area contributed by atoms with E-state index in [1.807, 2.05) is 0 Å². The molecule has 0 unspecified atom stereocenters. The molecule has 0 atom stereocenters. The molecule has 0 aliphatic carbocycles. The average Bonchev–Trinajstić information content (AvgIpc) is 2.01. The van der Waals surface area contributed by atoms with Gasteiger partial charge in [-0.3, -0.25) is 0 Å². The van der Waals surface area contributed by atoms with Crippen molar-refractivity contribution in [2.75, 3.05) is 30.6 Å². The van der Waals surface area contributed by atoms with Crippen LogP contribution >= 0.6 is 15.9 Å². The highest BCUT2D eigenvalue weighted by molar-refractivity contribution is 9.09. The second kappa shape index (κ2) is 6.86. The molecule has 0 N–H and O–H groups in total. The van der Waals surface area contributed by atoms with Crippen LogP contribution in [0.2, 0.25) is 0 Å². The summed E-state index contributed by atoms with van der Waals surface area (Å²) in [7, 11) is -1.35. The summed E-state index contributed by atoms with van der Waals surface area (Å²) >= 11 is 3.25. The van der Waals surface area contributed by atoms with Gasteiger partial charge >= 0.3 is 0 Å². The van der Waals surface area contributed by atoms with Gasteiger partial charge in [0.05, 0.1) is 18.1 Å². The Balaban J connectivity index is 3.58. The molecule has 0 aliphatic heterocycles. The fourth-order valence-electron chi connectivity index (χ4n) is 0.729. The van der Waals surface area contributed by atoms with Gasteiger partial charge in [-0.05, 0) is 12.8 Å². The molecule has 0 heterocycles. The van der Waals surface area contributed by atoms with E-state index in [0.29, 0.717) is 6.61 Å². The van der Waals surface area contributed by atoms with E-state index in [-0.39, 0.29) is 11.5 Å². The summed E-state index contributed by atoms with van der Waals surface area (Å²) in [4.78, 5) is 0. The molecular weight excluding hydrogens is 244 g/mol. The topological polar surface area (TPSA) is 43.4 Å². The third-order valence-corrected chi connectivity index (χ3v) is 3.70. The van der Waals surface area contributed by atoms with Gasteiger partial charge in [0.2, 0.25) is 0 Å². The number of halogens is 1. The van der Waals surface area contributed by atoms with Gasteiger partial charge < -0.3 is 4.74 Å². The van der Waals surface area contributed by atoms with Gasteiger partial charge in [0.25, 0.3) is 0 Å². The maximum atomic E-state index is 11.2. The zero-order valence-electron chi connectivity index (χ0n) is 7.25. The molecule has 3 nitrogen and oxygen atoms in total. The fourth-order valence-corrected chi connectivity index (χ4v) is 2.39. The van der Waals surface area contributed by atoms with Crippen molar-refractivity contribution in [3.8, 4) is 0 Å². The molecule has 0 fully saturated rings. The highest BCUT2D eigenvalue weighted by Crippen LogP contribution is 1.99. The van der Waals surface area contributed by atoms with E-state index in [1.54, 1.807) is 0 Å². The van der Waals surface area contributed by atoms with Gasteiger partial charge in [0.15, 0.2) is 9.84 Å². The number of hydrogen-bond acceptors (Lipinski definition) is 3. The van der Waals surface area contributed by atoms with Crippen LogP contribution in [-0.2, 0) is 14.6 Å². The number of hydrogen-bond donors (Lipinski definition) is 0. The number of sulfone groups is 1. The number of methoxy groups -OCH3 is 1. The zero-order chi connectivity index (χ0) is 9.45. The number of alkyl halides is 1. The van der Waals surface area contributed by atoms with Crippen LogP contribution < -0.4 is 0 Å². The van der Waals surface area contributed by atoms with Crippen molar-refractivity contribution in [1.29, 1.82) is 0 Å². The molecule has 0 bridgehead atoms. The van der Waals surface area contributed by atoms with Crippen LogP contribution in [0.4, 0.5) is 0 Å². The first-order valence-electron chi connectivity index (χ1n) is 3.87. The Bertz CT molecular complexity index is 189. The monoisotopic (exact) mass is 258 g/mol. The Morgan fingerprint density at radius 1 is 1.25 bits per heavy atom. The van der Waals surface area contributed by atoms with Crippen LogP contribution in [0.1, 0.15) is 12.8 Å². The summed E-state index contributed by atoms with van der Waals surface area (Å²) in [5.74, 6) is 0.424. The van der Waals surface area contributed by atoms with Gasteiger partial charge in [-0.1, -0.05) is 15.9 Å². The summed E-state index contributed by atoms with van der Waals surface area (Å²) in [5.41, 5.74) is 0. The van der Waals surface area contributed by atoms with E-state index in [9.17, 15) is 8.42 Å². The first-order valence-corrected chi connectivity index (χ1v) is 6.82. The summed E-state index contributed by atoms with van der Waals surface area (Å²) in [6, 6.07) is 0. The third kappa shape index (κ3) is 7.06. The Kier molecular flexibility index (Phi) is 7.08. The average molecular weight is 259 g/mol. The normalized spacial score (nSPS) is 11.8. The van der Waals surface area contributed by atoms with Crippen LogP contribution in [0.15, 0.2) is 0 Å². The van der Waals surface area contributed by atoms with Crippen molar-refractivity contribution in [2.45, 2.75) is 12.8 Å². The summed E-state index contributed by atoms with van der Waals surface area (Å²) in [6.07, 6.45) is 1.64. The molecule has 12 heavy (non-hydrogen) atoms. The van der Waals surface area contributed by atoms with E-state index >= 15 is 0 Å². The molecule has 0 aliphatic rings. The second-order valence-corrected chi connectivity index (χ2v) is 5.64. The first kappa shape index (κ1) is 12.4. The maximum Gasteiger partial charge on any atom is 0.152 e. The zero-order valence-corrected chi connectivity index (χ0v) is 9.66. The standard InChI is InChI=1S/C7H15BrO3S/c1-11-5-7-12(9,10)6-3-2-4-8/h2-7H2,1H3. The minimum atomic E-state index is -2.86. The molecule has 0 saturated carbocycles. The molecule has 0 amide bonds. The molecule has 74 valence electrons. The van der Waals surface area contributed by atoms with Crippen molar-refractivity contribution in [2.24, 2.45) is 0 Å². The molecule has 0 aromatic rings. The van der Waals surface area contributed by atoms with Crippen LogP contribution in [0.5, 0.6) is 0 Å². The molecule has 0 saturated heterocycles. The van der Waals surface area contributed by atoms with E-state index in [2.05, 4.69) is 15.9 Å². The van der Waals surface area contributed by atoms with E-state index in [0.717, 1.165) is 18.2 Å². The summed E-state index contributed by atoms with van der Waals surface area (Å²) < 4.78 is 27.0. The number of rotatable bonds is 7. The van der Waals surface area contributed by atoms with Gasteiger partial charge in [-0.15, -0.1) is 0 Å². The fraction of sp³-hybridized carbons (Fsp3) is 1.00. The Labute approximate surface area is 82.5 Å². The quantitative estimate of drug-likeness (QED) is 0.510. The second-order valence-electron chi connectivity index (χ2n) is 2.54. The highest BCUT2D eigenvalue weighted by atomic mass is 79.9. The molecule has 0 radical (unpaired) electrons. The molecule has 0 spiro atoms. The molecular formula is C7H15BrO3S. The van der Waals surface area contributed by atoms with Crippen molar-refractivity contribution in [3.05, 3.63) is 0 Å². The largest absolute Gasteiger partial charge is 0.384 e. The predicted molar refractivity (Wildman–Crippen MR) is 53.6 cm³/mol. The SMILES string of the molecule is COCCS(=O)(=O)CCCCBr. The van der Waals surface area contributed by atoms with Crippen molar-refractivity contribution >= 4 is 25.8 Å². The molecule has 0 rings (SSSR count). The van der Waals surface area contributed by atoms with E-state index in [4.69, 9.17) is 4.74 Å². The number of unbranched alkanes of at least 4 members (excludes halogenated alkanes) is 1. The summed E-state index contributed by atoms with van der Waals surface area (Å²) in [6.45, 7) is 0.302. The number of ether oxygens (including phenoxy) is 1. The van der Waals surface area contributed by atoms with Crippen LogP contribution in [0, 0.1) is 0 Å². The lowest BCUT2D eigenvalue weighted by atomic mass is 10.4. The molecule has 0 aromatic heterocycles. The van der Waals surface area contributed by atoms with Crippen molar-refractivity contribution in [3.63, 3.8) is 0 Å². The van der Waals surface area contributed by atoms with Crippen LogP contribution in [0.25, 0.3) is 0 Å². The minimum absolute atomic E-state index is 0.145. The lowest BCUT2D eigenvalue weighted by molar-refractivity contribution is 0.217. The van der Waals surface area contributed by atoms with Gasteiger partial charge in [-0.25, -0.2) is 8.42 Å². The molecule has 0 aromatic carbocycles. The van der Waals surface area contributed by atoms with Gasteiger partial charge in [0, 0.05) is 12.4 Å². The van der Waals surface area contributed by atoms with Crippen molar-refractivity contribution in [1.82, 2.24) is 0 Å². The van der Waals surface area contributed by atoms with Gasteiger partial charge in [-0.2, -0.15) is 0 Å². The van der Waals surface area contributed by atoms with Crippen molar-refractivity contribution < 1.29 is 13.2 Å². The highest BCUT2D eigenvalue weighted by Gasteiger charge is 2.08. The van der Waals surface area contributed by atoms with E-state index in [1.165, 1.54) is 7.11 Å². The lowest BCUT2D eigenvalue weighted by Gasteiger charge is -2.01. The van der Waals surface area contributed by atoms with Crippen LogP contribution in [-0.4, -0.2) is 39.0 Å². The third-order valence-electron chi connectivity index (χ3n) is 1.44. The van der Waals surface area contributed by atoms with Crippen LogP contribution in [0.3, 0.4) is 0 Å². The maximum absolute atomic E-state index is 11.2. The Morgan fingerprint density at radius 3 is 2.42 bits per heavy atom. The smallest absolute Gasteiger partial charge is 0.152 e. The summed E-state index contributed by atoms with van der Waals surface area (Å²) in [5, 5.41) is 0.868. The van der Waals surface area contributed by atoms with E-state index < -0.39 is 9.84 Å².